The van der Waals surface area contributed by atoms with Crippen LogP contribution in [0.2, 0.25) is 0 Å². The highest BCUT2D eigenvalue weighted by Gasteiger charge is 2.36. The Morgan fingerprint density at radius 3 is 2.25 bits per heavy atom. The standard InChI is InChI=1S/C20H18N2O6/c1-11-5-4-6-13(7-11)22-19(25)14(18(24)21-20(22)26)8-12-9-15(27-2)17(23)16(10-12)28-3/h4-10,23H,1-3H3,(H,21,24,26)/b14-8+. The van der Waals surface area contributed by atoms with Crippen molar-refractivity contribution in [3.63, 3.8) is 0 Å². The van der Waals surface area contributed by atoms with Gasteiger partial charge in [-0.2, -0.15) is 0 Å². The predicted molar refractivity (Wildman–Crippen MR) is 101 cm³/mol. The maximum Gasteiger partial charge on any atom is 0.335 e. The van der Waals surface area contributed by atoms with Gasteiger partial charge in [-0.25, -0.2) is 9.69 Å². The molecule has 0 unspecified atom stereocenters. The molecule has 8 heteroatoms. The number of anilines is 1. The number of nitrogens with one attached hydrogen (secondary N) is 1. The van der Waals surface area contributed by atoms with Crippen molar-refractivity contribution < 1.29 is 29.0 Å². The number of amides is 4. The molecule has 8 nitrogen and oxygen atoms in total. The lowest BCUT2D eigenvalue weighted by molar-refractivity contribution is -0.122. The number of rotatable bonds is 4. The third-order valence-corrected chi connectivity index (χ3v) is 4.17. The van der Waals surface area contributed by atoms with Crippen LogP contribution in [0.4, 0.5) is 10.5 Å². The highest BCUT2D eigenvalue weighted by molar-refractivity contribution is 6.39. The minimum atomic E-state index is -0.821. The van der Waals surface area contributed by atoms with Crippen LogP contribution in [0.1, 0.15) is 11.1 Å². The topological polar surface area (TPSA) is 105 Å². The molecule has 0 atom stereocenters. The number of phenolic OH excluding ortho intramolecular Hbond substituents is 1. The van der Waals surface area contributed by atoms with E-state index in [0.29, 0.717) is 11.3 Å². The molecule has 0 bridgehead atoms. The Bertz CT molecular complexity index is 987. The summed E-state index contributed by atoms with van der Waals surface area (Å²) in [4.78, 5) is 38.3. The second-order valence-corrected chi connectivity index (χ2v) is 6.07. The van der Waals surface area contributed by atoms with Crippen molar-refractivity contribution in [1.29, 1.82) is 0 Å². The Balaban J connectivity index is 2.07. The molecule has 1 saturated heterocycles. The van der Waals surface area contributed by atoms with E-state index in [1.165, 1.54) is 32.4 Å². The summed E-state index contributed by atoms with van der Waals surface area (Å²) < 4.78 is 10.2. The SMILES string of the molecule is COc1cc(/C=C2\C(=O)NC(=O)N(c3cccc(C)c3)C2=O)cc(OC)c1O. The van der Waals surface area contributed by atoms with Gasteiger partial charge < -0.3 is 14.6 Å². The molecule has 28 heavy (non-hydrogen) atoms. The fourth-order valence-electron chi connectivity index (χ4n) is 2.82. The first kappa shape index (κ1) is 19.0. The number of ether oxygens (including phenoxy) is 2. The molecular formula is C20H18N2O6. The van der Waals surface area contributed by atoms with Gasteiger partial charge in [0, 0.05) is 0 Å². The number of hydrogen-bond donors (Lipinski definition) is 2. The minimum Gasteiger partial charge on any atom is -0.502 e. The molecule has 0 radical (unpaired) electrons. The number of barbiturate groups is 1. The van der Waals surface area contributed by atoms with Crippen LogP contribution in [0.15, 0.2) is 42.0 Å². The van der Waals surface area contributed by atoms with Crippen LogP contribution in [0.5, 0.6) is 17.2 Å². The van der Waals surface area contributed by atoms with Gasteiger partial charge in [-0.15, -0.1) is 0 Å². The van der Waals surface area contributed by atoms with Gasteiger partial charge >= 0.3 is 6.03 Å². The fourth-order valence-corrected chi connectivity index (χ4v) is 2.82. The van der Waals surface area contributed by atoms with E-state index in [-0.39, 0.29) is 22.8 Å². The van der Waals surface area contributed by atoms with Crippen LogP contribution in [0.25, 0.3) is 6.08 Å². The van der Waals surface area contributed by atoms with Crippen molar-refractivity contribution in [2.24, 2.45) is 0 Å². The number of phenols is 1. The molecule has 3 rings (SSSR count). The van der Waals surface area contributed by atoms with E-state index < -0.39 is 17.8 Å². The van der Waals surface area contributed by atoms with E-state index in [1.54, 1.807) is 18.2 Å². The van der Waals surface area contributed by atoms with Crippen LogP contribution in [-0.2, 0) is 9.59 Å². The Labute approximate surface area is 161 Å². The second-order valence-electron chi connectivity index (χ2n) is 6.07. The summed E-state index contributed by atoms with van der Waals surface area (Å²) in [5, 5.41) is 12.2. The number of benzene rings is 2. The largest absolute Gasteiger partial charge is 0.502 e. The Morgan fingerprint density at radius 2 is 1.68 bits per heavy atom. The first-order valence-electron chi connectivity index (χ1n) is 8.28. The number of methoxy groups -OCH3 is 2. The van der Waals surface area contributed by atoms with E-state index in [1.807, 2.05) is 13.0 Å². The molecule has 2 N–H and O–H groups in total. The van der Waals surface area contributed by atoms with Gasteiger partial charge in [0.15, 0.2) is 11.5 Å². The van der Waals surface area contributed by atoms with Crippen LogP contribution >= 0.6 is 0 Å². The van der Waals surface area contributed by atoms with Crippen molar-refractivity contribution in [2.75, 3.05) is 19.1 Å². The number of urea groups is 1. The van der Waals surface area contributed by atoms with E-state index in [0.717, 1.165) is 10.5 Å². The van der Waals surface area contributed by atoms with Crippen LogP contribution < -0.4 is 19.7 Å². The van der Waals surface area contributed by atoms with Crippen molar-refractivity contribution in [3.8, 4) is 17.2 Å². The summed E-state index contributed by atoms with van der Waals surface area (Å²) in [5.41, 5.74) is 1.34. The summed E-state index contributed by atoms with van der Waals surface area (Å²) in [6.45, 7) is 1.83. The van der Waals surface area contributed by atoms with Gasteiger partial charge in [-0.05, 0) is 48.4 Å². The molecule has 0 aliphatic carbocycles. The fraction of sp³-hybridized carbons (Fsp3) is 0.150. The van der Waals surface area contributed by atoms with Crippen molar-refractivity contribution >= 4 is 29.6 Å². The Morgan fingerprint density at radius 1 is 1.04 bits per heavy atom. The maximum atomic E-state index is 12.9. The Kier molecular flexibility index (Phi) is 5.04. The number of nitrogens with zero attached hydrogens (tertiary/aromatic N) is 1. The van der Waals surface area contributed by atoms with Gasteiger partial charge in [0.1, 0.15) is 5.57 Å². The molecule has 0 aromatic heterocycles. The molecule has 0 saturated carbocycles. The summed E-state index contributed by atoms with van der Waals surface area (Å²) >= 11 is 0. The number of carbonyl (C=O) groups excluding carboxylic acids is 3. The molecule has 144 valence electrons. The second kappa shape index (κ2) is 7.43. The zero-order valence-corrected chi connectivity index (χ0v) is 15.5. The molecule has 1 aliphatic rings. The van der Waals surface area contributed by atoms with Gasteiger partial charge in [0.05, 0.1) is 19.9 Å². The third-order valence-electron chi connectivity index (χ3n) is 4.17. The first-order valence-corrected chi connectivity index (χ1v) is 8.28. The van der Waals surface area contributed by atoms with E-state index in [9.17, 15) is 19.5 Å². The number of carbonyl (C=O) groups is 3. The van der Waals surface area contributed by atoms with Gasteiger partial charge in [0.25, 0.3) is 11.8 Å². The maximum absolute atomic E-state index is 12.9. The van der Waals surface area contributed by atoms with Gasteiger partial charge in [-0.3, -0.25) is 14.9 Å². The van der Waals surface area contributed by atoms with Crippen LogP contribution in [0.3, 0.4) is 0 Å². The zero-order chi connectivity index (χ0) is 20.4. The Hall–Kier alpha value is -3.81. The number of hydrogen-bond acceptors (Lipinski definition) is 6. The van der Waals surface area contributed by atoms with Crippen molar-refractivity contribution in [3.05, 3.63) is 53.1 Å². The lowest BCUT2D eigenvalue weighted by Crippen LogP contribution is -2.54. The first-order chi connectivity index (χ1) is 13.3. The summed E-state index contributed by atoms with van der Waals surface area (Å²) in [5.74, 6) is -1.55. The molecule has 2 aromatic carbocycles. The van der Waals surface area contributed by atoms with Crippen molar-refractivity contribution in [2.45, 2.75) is 6.92 Å². The quantitative estimate of drug-likeness (QED) is 0.621. The summed E-state index contributed by atoms with van der Waals surface area (Å²) in [7, 11) is 2.73. The average Bonchev–Trinajstić information content (AvgIpc) is 2.66. The normalized spacial score (nSPS) is 15.6. The molecular weight excluding hydrogens is 364 g/mol. The van der Waals surface area contributed by atoms with E-state index >= 15 is 0 Å². The van der Waals surface area contributed by atoms with Crippen LogP contribution in [-0.4, -0.2) is 37.2 Å². The highest BCUT2D eigenvalue weighted by Crippen LogP contribution is 2.38. The zero-order valence-electron chi connectivity index (χ0n) is 15.5. The molecule has 2 aromatic rings. The number of imide groups is 2. The third kappa shape index (κ3) is 3.39. The molecule has 0 spiro atoms. The monoisotopic (exact) mass is 382 g/mol. The van der Waals surface area contributed by atoms with E-state index in [2.05, 4.69) is 5.32 Å². The van der Waals surface area contributed by atoms with Gasteiger partial charge in [-0.1, -0.05) is 12.1 Å². The summed E-state index contributed by atoms with van der Waals surface area (Å²) in [6.07, 6.45) is 1.30. The number of aromatic hydroxyl groups is 1. The minimum absolute atomic E-state index is 0.112. The number of aryl methyl sites for hydroxylation is 1. The van der Waals surface area contributed by atoms with Crippen LogP contribution in [0, 0.1) is 6.92 Å². The molecule has 1 fully saturated rings. The average molecular weight is 382 g/mol. The lowest BCUT2D eigenvalue weighted by atomic mass is 10.1. The molecule has 4 amide bonds. The predicted octanol–water partition coefficient (Wildman–Crippen LogP) is 2.38. The molecule has 1 heterocycles. The highest BCUT2D eigenvalue weighted by atomic mass is 16.5. The molecule has 1 aliphatic heterocycles. The van der Waals surface area contributed by atoms with Gasteiger partial charge in [0.2, 0.25) is 5.75 Å². The summed E-state index contributed by atoms with van der Waals surface area (Å²) in [6, 6.07) is 8.87. The van der Waals surface area contributed by atoms with Crippen molar-refractivity contribution in [1.82, 2.24) is 5.32 Å². The van der Waals surface area contributed by atoms with E-state index in [4.69, 9.17) is 9.47 Å². The smallest absolute Gasteiger partial charge is 0.335 e. The lowest BCUT2D eigenvalue weighted by Gasteiger charge is -2.26.